The molecular formula is C24H10BrClO2S. The third-order valence-corrected chi connectivity index (χ3v) is 7.66. The number of carbonyl (C=O) groups is 1. The maximum Gasteiger partial charge on any atom is 0.201 e. The van der Waals surface area contributed by atoms with Gasteiger partial charge in [0, 0.05) is 41.3 Å². The van der Waals surface area contributed by atoms with E-state index in [9.17, 15) is 9.59 Å². The average Bonchev–Trinajstić information content (AvgIpc) is 3.18. The molecule has 1 aliphatic heterocycles. The summed E-state index contributed by atoms with van der Waals surface area (Å²) in [6.07, 6.45) is 0. The van der Waals surface area contributed by atoms with Gasteiger partial charge in [0.2, 0.25) is 5.78 Å². The molecule has 5 aromatic rings. The van der Waals surface area contributed by atoms with Crippen LogP contribution in [0, 0.1) is 0 Å². The predicted octanol–water partition coefficient (Wildman–Crippen LogP) is 6.18. The lowest BCUT2D eigenvalue weighted by atomic mass is 10.0. The molecule has 0 aliphatic carbocycles. The van der Waals surface area contributed by atoms with E-state index in [2.05, 4.69) is 15.9 Å². The van der Waals surface area contributed by atoms with E-state index in [0.717, 1.165) is 36.3 Å². The summed E-state index contributed by atoms with van der Waals surface area (Å²) < 4.78 is 0.835. The van der Waals surface area contributed by atoms with E-state index in [1.54, 1.807) is 12.1 Å². The highest BCUT2D eigenvalue weighted by Gasteiger charge is 2.29. The van der Waals surface area contributed by atoms with Gasteiger partial charge in [0.25, 0.3) is 0 Å². The number of halogens is 2. The molecule has 138 valence electrons. The van der Waals surface area contributed by atoms with Crippen LogP contribution in [-0.4, -0.2) is 5.78 Å². The van der Waals surface area contributed by atoms with E-state index in [1.807, 2.05) is 48.5 Å². The molecule has 5 aromatic carbocycles. The first kappa shape index (κ1) is 17.5. The van der Waals surface area contributed by atoms with Gasteiger partial charge < -0.3 is 0 Å². The Kier molecular flexibility index (Phi) is 3.64. The smallest absolute Gasteiger partial charge is 0.201 e. The van der Waals surface area contributed by atoms with Crippen molar-refractivity contribution in [2.45, 2.75) is 4.90 Å². The van der Waals surface area contributed by atoms with Crippen molar-refractivity contribution >= 4 is 82.3 Å². The Labute approximate surface area is 182 Å². The topological polar surface area (TPSA) is 34.1 Å². The van der Waals surface area contributed by atoms with Gasteiger partial charge in [0.05, 0.1) is 4.91 Å². The molecule has 1 heterocycles. The van der Waals surface area contributed by atoms with Gasteiger partial charge in [-0.3, -0.25) is 9.59 Å². The van der Waals surface area contributed by atoms with Crippen molar-refractivity contribution in [2.24, 2.45) is 0 Å². The molecule has 0 bridgehead atoms. The number of rotatable bonds is 0. The Morgan fingerprint density at radius 3 is 2.34 bits per heavy atom. The Bertz CT molecular complexity index is 1630. The maximum atomic E-state index is 13.3. The van der Waals surface area contributed by atoms with E-state index >= 15 is 0 Å². The fourth-order valence-electron chi connectivity index (χ4n) is 4.22. The fourth-order valence-corrected chi connectivity index (χ4v) is 6.31. The summed E-state index contributed by atoms with van der Waals surface area (Å²) in [5.74, 6) is -0.0888. The minimum atomic E-state index is -0.118. The van der Waals surface area contributed by atoms with Crippen molar-refractivity contribution < 1.29 is 4.79 Å². The molecule has 5 heteroatoms. The van der Waals surface area contributed by atoms with Crippen molar-refractivity contribution in [3.05, 3.63) is 91.2 Å². The molecule has 1 aliphatic rings. The summed E-state index contributed by atoms with van der Waals surface area (Å²) in [6, 6.07) is 19.2. The van der Waals surface area contributed by atoms with E-state index in [1.165, 1.54) is 11.8 Å². The number of Topliss-reactive ketones (excluding diaryl/α,β-unsaturated/α-hetero) is 1. The van der Waals surface area contributed by atoms with Crippen LogP contribution in [-0.2, 0) is 0 Å². The van der Waals surface area contributed by atoms with Crippen LogP contribution in [0.4, 0.5) is 0 Å². The number of hydrogen-bond donors (Lipinski definition) is 0. The van der Waals surface area contributed by atoms with Crippen LogP contribution < -0.4 is 10.6 Å². The Morgan fingerprint density at radius 1 is 0.828 bits per heavy atom. The molecule has 0 saturated heterocycles. The lowest BCUT2D eigenvalue weighted by Crippen LogP contribution is -2.23. The summed E-state index contributed by atoms with van der Waals surface area (Å²) >= 11 is 11.4. The van der Waals surface area contributed by atoms with Crippen molar-refractivity contribution in [1.82, 2.24) is 0 Å². The van der Waals surface area contributed by atoms with Crippen LogP contribution in [0.2, 0.25) is 5.02 Å². The van der Waals surface area contributed by atoms with Crippen LogP contribution in [0.25, 0.3) is 37.2 Å². The van der Waals surface area contributed by atoms with E-state index in [4.69, 9.17) is 11.6 Å². The first-order valence-corrected chi connectivity index (χ1v) is 11.0. The molecule has 6 rings (SSSR count). The van der Waals surface area contributed by atoms with Gasteiger partial charge in [0.15, 0.2) is 5.43 Å². The lowest BCUT2D eigenvalue weighted by molar-refractivity contribution is 0.105. The van der Waals surface area contributed by atoms with Gasteiger partial charge in [-0.25, -0.2) is 0 Å². The average molecular weight is 478 g/mol. The molecule has 0 fully saturated rings. The number of thioether (sulfide) groups is 1. The highest BCUT2D eigenvalue weighted by Crippen LogP contribution is 2.43. The molecule has 0 aromatic heterocycles. The first-order chi connectivity index (χ1) is 14.0. The number of benzene rings is 4. The van der Waals surface area contributed by atoms with E-state index < -0.39 is 0 Å². The Balaban J connectivity index is 1.75. The monoisotopic (exact) mass is 476 g/mol. The molecular weight excluding hydrogens is 468 g/mol. The summed E-state index contributed by atoms with van der Waals surface area (Å²) in [4.78, 5) is 28.0. The third-order valence-electron chi connectivity index (χ3n) is 5.54. The molecule has 0 amide bonds. The predicted molar refractivity (Wildman–Crippen MR) is 124 cm³/mol. The lowest BCUT2D eigenvalue weighted by Gasteiger charge is -2.03. The summed E-state index contributed by atoms with van der Waals surface area (Å²) in [7, 11) is 0. The van der Waals surface area contributed by atoms with Gasteiger partial charge in [0.1, 0.15) is 0 Å². The Hall–Kier alpha value is -2.40. The third kappa shape index (κ3) is 2.31. The zero-order chi connectivity index (χ0) is 19.9. The molecule has 0 radical (unpaired) electrons. The normalized spacial score (nSPS) is 15.7. The summed E-state index contributed by atoms with van der Waals surface area (Å²) in [5, 5.41) is 6.16. The van der Waals surface area contributed by atoms with Crippen molar-refractivity contribution in [2.75, 3.05) is 0 Å². The summed E-state index contributed by atoms with van der Waals surface area (Å²) in [6.45, 7) is 0. The summed E-state index contributed by atoms with van der Waals surface area (Å²) in [5.41, 5.74) is 0.541. The van der Waals surface area contributed by atoms with Crippen molar-refractivity contribution in [3.63, 3.8) is 0 Å². The second-order valence-corrected chi connectivity index (χ2v) is 9.41. The van der Waals surface area contributed by atoms with Crippen LogP contribution >= 0.6 is 39.3 Å². The van der Waals surface area contributed by atoms with Crippen molar-refractivity contribution in [3.8, 4) is 0 Å². The maximum absolute atomic E-state index is 13.3. The second kappa shape index (κ2) is 6.05. The van der Waals surface area contributed by atoms with Crippen LogP contribution in [0.3, 0.4) is 0 Å². The molecule has 29 heavy (non-hydrogen) atoms. The zero-order valence-corrected chi connectivity index (χ0v) is 17.9. The van der Waals surface area contributed by atoms with Gasteiger partial charge in [-0.15, -0.1) is 0 Å². The van der Waals surface area contributed by atoms with Crippen molar-refractivity contribution in [1.29, 1.82) is 0 Å². The van der Waals surface area contributed by atoms with Crippen LogP contribution in [0.5, 0.6) is 0 Å². The minimum absolute atomic E-state index is 0.0888. The Morgan fingerprint density at radius 2 is 1.55 bits per heavy atom. The molecule has 2 nitrogen and oxygen atoms in total. The fraction of sp³-hybridized carbons (Fsp3) is 0. The van der Waals surface area contributed by atoms with E-state index in [0.29, 0.717) is 26.1 Å². The van der Waals surface area contributed by atoms with Gasteiger partial charge in [-0.1, -0.05) is 69.6 Å². The minimum Gasteiger partial charge on any atom is -0.289 e. The number of carbonyl (C=O) groups excluding carboxylic acids is 1. The SMILES string of the molecule is O=C1C(=c2c(=O)c3ccc(Cl)c4c(Br)ccc2c43)Sc2cc3ccccc3cc21. The largest absolute Gasteiger partial charge is 0.289 e. The number of hydrogen-bond acceptors (Lipinski definition) is 3. The molecule has 0 saturated carbocycles. The van der Waals surface area contributed by atoms with Gasteiger partial charge in [-0.05, 0) is 46.5 Å². The standard InChI is InChI=1S/C24H10BrClO2S/c25-16-7-5-13-19-14(6-8-17(26)21(16)19)22(27)20(13)24-23(28)15-9-11-3-1-2-4-12(11)10-18(15)29-24/h1-10H. The van der Waals surface area contributed by atoms with Gasteiger partial charge in [-0.2, -0.15) is 0 Å². The zero-order valence-electron chi connectivity index (χ0n) is 14.8. The molecule has 0 spiro atoms. The highest BCUT2D eigenvalue weighted by molar-refractivity contribution is 9.10. The second-order valence-electron chi connectivity index (χ2n) is 7.10. The van der Waals surface area contributed by atoms with Gasteiger partial charge >= 0.3 is 0 Å². The molecule has 0 N–H and O–H groups in total. The number of ketones is 1. The number of fused-ring (bicyclic) bond motifs is 2. The van der Waals surface area contributed by atoms with E-state index in [-0.39, 0.29) is 11.2 Å². The first-order valence-electron chi connectivity index (χ1n) is 9.00. The quantitative estimate of drug-likeness (QED) is 0.267. The van der Waals surface area contributed by atoms with Crippen LogP contribution in [0.15, 0.2) is 74.8 Å². The van der Waals surface area contributed by atoms with Crippen LogP contribution in [0.1, 0.15) is 10.4 Å². The molecule has 0 unspecified atom stereocenters. The molecule has 0 atom stereocenters. The highest BCUT2D eigenvalue weighted by atomic mass is 79.9.